The summed E-state index contributed by atoms with van der Waals surface area (Å²) in [6.45, 7) is 14.1. The number of hydrogen-bond acceptors (Lipinski definition) is 2. The van der Waals surface area contributed by atoms with E-state index in [0.29, 0.717) is 12.8 Å². The van der Waals surface area contributed by atoms with Crippen LogP contribution in [0, 0.1) is 16.7 Å². The number of carbonyl (C=O) groups is 2. The number of carboxylic acids is 2. The smallest absolute Gasteiger partial charge is 0.309 e. The molecule has 4 nitrogen and oxygen atoms in total. The van der Waals surface area contributed by atoms with E-state index in [9.17, 15) is 9.59 Å². The third-order valence-electron chi connectivity index (χ3n) is 3.22. The molecule has 0 atom stereocenters. The summed E-state index contributed by atoms with van der Waals surface area (Å²) in [5, 5.41) is 17.1. The summed E-state index contributed by atoms with van der Waals surface area (Å²) in [5.41, 5.74) is -0.514. The molecule has 22 heavy (non-hydrogen) atoms. The summed E-state index contributed by atoms with van der Waals surface area (Å²) in [7, 11) is 0. The first kappa shape index (κ1) is 23.2. The van der Waals surface area contributed by atoms with E-state index in [4.69, 9.17) is 10.2 Å². The molecular weight excluding hydrogens is 280 g/mol. The van der Waals surface area contributed by atoms with Crippen molar-refractivity contribution < 1.29 is 19.8 Å². The maximum absolute atomic E-state index is 10.7. The average Bonchev–Trinajstić information content (AvgIpc) is 2.25. The largest absolute Gasteiger partial charge is 0.481 e. The van der Waals surface area contributed by atoms with Crippen LogP contribution >= 0.6 is 0 Å². The number of aliphatic carboxylic acids is 2. The molecule has 0 radical (unpaired) electrons. The van der Waals surface area contributed by atoms with Crippen molar-refractivity contribution in [2.24, 2.45) is 16.7 Å². The zero-order chi connectivity index (χ0) is 18.0. The predicted octanol–water partition coefficient (Wildman–Crippen LogP) is 5.21. The highest BCUT2D eigenvalue weighted by molar-refractivity contribution is 5.73. The number of hydrogen-bond donors (Lipinski definition) is 2. The highest BCUT2D eigenvalue weighted by Crippen LogP contribution is 2.32. The molecule has 0 amide bonds. The second-order valence-electron chi connectivity index (χ2n) is 8.31. The van der Waals surface area contributed by atoms with Crippen LogP contribution in [0.2, 0.25) is 0 Å². The SMILES string of the molecule is CC(C)(C)CC(C)(C)C(=O)O.CC(C)CCCCCC(=O)O. The van der Waals surface area contributed by atoms with Crippen LogP contribution in [0.25, 0.3) is 0 Å². The van der Waals surface area contributed by atoms with Crippen LogP contribution in [0.5, 0.6) is 0 Å². The van der Waals surface area contributed by atoms with Crippen LogP contribution < -0.4 is 0 Å². The zero-order valence-electron chi connectivity index (χ0n) is 15.5. The average molecular weight is 316 g/mol. The van der Waals surface area contributed by atoms with E-state index >= 15 is 0 Å². The highest BCUT2D eigenvalue weighted by Gasteiger charge is 2.31. The number of unbranched alkanes of at least 4 members (excludes halogenated alkanes) is 2. The summed E-state index contributed by atoms with van der Waals surface area (Å²) >= 11 is 0. The lowest BCUT2D eigenvalue weighted by Gasteiger charge is -2.28. The minimum Gasteiger partial charge on any atom is -0.481 e. The summed E-state index contributed by atoms with van der Waals surface area (Å²) in [6.07, 6.45) is 5.32. The van der Waals surface area contributed by atoms with Gasteiger partial charge in [0.05, 0.1) is 5.41 Å². The van der Waals surface area contributed by atoms with Crippen LogP contribution in [0.1, 0.15) is 87.0 Å². The van der Waals surface area contributed by atoms with Gasteiger partial charge in [-0.1, -0.05) is 53.9 Å². The van der Waals surface area contributed by atoms with Crippen molar-refractivity contribution in [3.05, 3.63) is 0 Å². The second-order valence-corrected chi connectivity index (χ2v) is 8.31. The summed E-state index contributed by atoms with van der Waals surface area (Å²) in [6, 6.07) is 0. The Morgan fingerprint density at radius 2 is 1.41 bits per heavy atom. The normalized spacial score (nSPS) is 11.8. The van der Waals surface area contributed by atoms with Gasteiger partial charge < -0.3 is 10.2 Å². The summed E-state index contributed by atoms with van der Waals surface area (Å²) < 4.78 is 0. The summed E-state index contributed by atoms with van der Waals surface area (Å²) in [4.78, 5) is 20.8. The minimum atomic E-state index is -0.715. The van der Waals surface area contributed by atoms with Gasteiger partial charge in [-0.25, -0.2) is 0 Å². The predicted molar refractivity (Wildman–Crippen MR) is 91.0 cm³/mol. The fourth-order valence-corrected chi connectivity index (χ4v) is 2.41. The van der Waals surface area contributed by atoms with E-state index in [-0.39, 0.29) is 5.41 Å². The van der Waals surface area contributed by atoms with Crippen molar-refractivity contribution in [3.8, 4) is 0 Å². The Morgan fingerprint density at radius 1 is 0.909 bits per heavy atom. The Bertz CT molecular complexity index is 324. The molecule has 0 aliphatic rings. The van der Waals surface area contributed by atoms with Crippen molar-refractivity contribution in [1.82, 2.24) is 0 Å². The lowest BCUT2D eigenvalue weighted by Crippen LogP contribution is -2.28. The highest BCUT2D eigenvalue weighted by atomic mass is 16.4. The van der Waals surface area contributed by atoms with Crippen molar-refractivity contribution in [3.63, 3.8) is 0 Å². The van der Waals surface area contributed by atoms with E-state index in [0.717, 1.165) is 18.8 Å². The fraction of sp³-hybridized carbons (Fsp3) is 0.889. The molecule has 0 heterocycles. The molecule has 0 aromatic heterocycles. The lowest BCUT2D eigenvalue weighted by atomic mass is 9.76. The number of carboxylic acid groups (broad SMARTS) is 2. The molecule has 0 saturated heterocycles. The summed E-state index contributed by atoms with van der Waals surface area (Å²) in [5.74, 6) is -0.637. The van der Waals surface area contributed by atoms with Crippen LogP contribution in [0.3, 0.4) is 0 Å². The van der Waals surface area contributed by atoms with Crippen molar-refractivity contribution >= 4 is 11.9 Å². The molecule has 0 rings (SSSR count). The van der Waals surface area contributed by atoms with E-state index in [1.54, 1.807) is 13.8 Å². The molecule has 0 aromatic rings. The Morgan fingerprint density at radius 3 is 1.68 bits per heavy atom. The standard InChI is InChI=1S/2C9H18O2/c1-8(2,3)6-9(4,5)7(10)11;1-8(2)6-4-3-5-7-9(10)11/h6H2,1-5H3,(H,10,11);8H,3-7H2,1-2H3,(H,10,11). The van der Waals surface area contributed by atoms with E-state index in [2.05, 4.69) is 34.6 Å². The molecule has 0 aliphatic carbocycles. The quantitative estimate of drug-likeness (QED) is 0.603. The monoisotopic (exact) mass is 316 g/mol. The van der Waals surface area contributed by atoms with Crippen molar-refractivity contribution in [2.75, 3.05) is 0 Å². The molecule has 2 N–H and O–H groups in total. The number of rotatable bonds is 8. The van der Waals surface area contributed by atoms with Gasteiger partial charge in [-0.2, -0.15) is 0 Å². The van der Waals surface area contributed by atoms with Crippen LogP contribution in [0.15, 0.2) is 0 Å². The molecule has 0 aromatic carbocycles. The first-order valence-electron chi connectivity index (χ1n) is 8.23. The van der Waals surface area contributed by atoms with Crippen molar-refractivity contribution in [2.45, 2.75) is 87.0 Å². The molecule has 0 bridgehead atoms. The van der Waals surface area contributed by atoms with Gasteiger partial charge in [0, 0.05) is 6.42 Å². The first-order valence-corrected chi connectivity index (χ1v) is 8.23. The Hall–Kier alpha value is -1.06. The van der Waals surface area contributed by atoms with Crippen molar-refractivity contribution in [1.29, 1.82) is 0 Å². The Labute approximate surface area is 136 Å². The molecular formula is C18H36O4. The van der Waals surface area contributed by atoms with E-state index in [1.807, 2.05) is 0 Å². The molecule has 0 fully saturated rings. The molecule has 132 valence electrons. The van der Waals surface area contributed by atoms with Gasteiger partial charge in [0.1, 0.15) is 0 Å². The van der Waals surface area contributed by atoms with Gasteiger partial charge in [-0.3, -0.25) is 9.59 Å². The minimum absolute atomic E-state index is 0.0852. The van der Waals surface area contributed by atoms with Crippen LogP contribution in [0.4, 0.5) is 0 Å². The molecule has 0 saturated carbocycles. The molecule has 0 aliphatic heterocycles. The van der Waals surface area contributed by atoms with Crippen LogP contribution in [-0.2, 0) is 9.59 Å². The van der Waals surface area contributed by atoms with E-state index < -0.39 is 17.4 Å². The third kappa shape index (κ3) is 17.0. The lowest BCUT2D eigenvalue weighted by molar-refractivity contribution is -0.148. The first-order chi connectivity index (χ1) is 9.78. The molecule has 4 heteroatoms. The van der Waals surface area contributed by atoms with Gasteiger partial charge in [0.25, 0.3) is 0 Å². The van der Waals surface area contributed by atoms with Gasteiger partial charge in [0.15, 0.2) is 0 Å². The molecule has 0 spiro atoms. The third-order valence-corrected chi connectivity index (χ3v) is 3.22. The zero-order valence-corrected chi connectivity index (χ0v) is 15.5. The molecule has 0 unspecified atom stereocenters. The topological polar surface area (TPSA) is 74.6 Å². The van der Waals surface area contributed by atoms with Gasteiger partial charge in [-0.15, -0.1) is 0 Å². The van der Waals surface area contributed by atoms with Crippen LogP contribution in [-0.4, -0.2) is 22.2 Å². The Kier molecular flexibility index (Phi) is 11.2. The Balaban J connectivity index is 0. The maximum atomic E-state index is 10.7. The second kappa shape index (κ2) is 10.6. The van der Waals surface area contributed by atoms with Gasteiger partial charge in [0.2, 0.25) is 0 Å². The fourth-order valence-electron chi connectivity index (χ4n) is 2.41. The van der Waals surface area contributed by atoms with Gasteiger partial charge in [-0.05, 0) is 38.0 Å². The van der Waals surface area contributed by atoms with Gasteiger partial charge >= 0.3 is 11.9 Å². The maximum Gasteiger partial charge on any atom is 0.309 e. The van der Waals surface area contributed by atoms with E-state index in [1.165, 1.54) is 12.8 Å².